The summed E-state index contributed by atoms with van der Waals surface area (Å²) in [5.41, 5.74) is 0.682. The summed E-state index contributed by atoms with van der Waals surface area (Å²) >= 11 is 2.55. The molecule has 4 heteroatoms. The third-order valence-electron chi connectivity index (χ3n) is 11.9. The van der Waals surface area contributed by atoms with Crippen molar-refractivity contribution >= 4 is 28.4 Å². The molecule has 34 heavy (non-hydrogen) atoms. The number of alkyl halides is 1. The predicted octanol–water partition coefficient (Wildman–Crippen LogP) is 7.83. The minimum Gasteiger partial charge on any atom is -0.353 e. The van der Waals surface area contributed by atoms with Gasteiger partial charge in [-0.1, -0.05) is 50.3 Å². The van der Waals surface area contributed by atoms with Gasteiger partial charge in [0.25, 0.3) is 0 Å². The van der Waals surface area contributed by atoms with Crippen LogP contribution in [0, 0.1) is 52.3 Å². The van der Waals surface area contributed by atoms with Gasteiger partial charge >= 0.3 is 0 Å². The topological polar surface area (TPSA) is 35.5 Å². The van der Waals surface area contributed by atoms with Crippen molar-refractivity contribution in [1.29, 1.82) is 0 Å². The summed E-state index contributed by atoms with van der Waals surface area (Å²) in [5.74, 6) is 4.52. The number of ether oxygens (including phenoxy) is 2. The van der Waals surface area contributed by atoms with Crippen LogP contribution in [-0.4, -0.2) is 29.2 Å². The van der Waals surface area contributed by atoms with Crippen LogP contribution in [0.5, 0.6) is 0 Å². The molecule has 0 amide bonds. The second kappa shape index (κ2) is 10.2. The number of hydrogen-bond donors (Lipinski definition) is 0. The van der Waals surface area contributed by atoms with Crippen molar-refractivity contribution in [3.8, 4) is 0 Å². The number of hydrogen-bond acceptors (Lipinski definition) is 3. The van der Waals surface area contributed by atoms with E-state index in [9.17, 15) is 4.79 Å². The highest BCUT2D eigenvalue weighted by Gasteiger charge is 2.65. The van der Waals surface area contributed by atoms with Gasteiger partial charge in [0.15, 0.2) is 6.29 Å². The molecule has 4 unspecified atom stereocenters. The molecule has 0 aromatic carbocycles. The maximum absolute atomic E-state index is 14.3. The van der Waals surface area contributed by atoms with Crippen molar-refractivity contribution < 1.29 is 14.3 Å². The van der Waals surface area contributed by atoms with Crippen molar-refractivity contribution in [3.63, 3.8) is 0 Å². The van der Waals surface area contributed by atoms with Crippen LogP contribution in [0.25, 0.3) is 0 Å². The Morgan fingerprint density at radius 2 is 1.79 bits per heavy atom. The molecule has 1 saturated heterocycles. The smallest absolute Gasteiger partial charge is 0.157 e. The molecule has 5 aliphatic rings. The highest BCUT2D eigenvalue weighted by Crippen LogP contribution is 2.68. The fourth-order valence-corrected chi connectivity index (χ4v) is 11.1. The van der Waals surface area contributed by atoms with Crippen LogP contribution >= 0.6 is 22.6 Å². The van der Waals surface area contributed by atoms with Crippen LogP contribution < -0.4 is 0 Å². The molecule has 11 atom stereocenters. The van der Waals surface area contributed by atoms with E-state index in [1.165, 1.54) is 55.8 Å². The summed E-state index contributed by atoms with van der Waals surface area (Å²) in [6.45, 7) is 10.8. The molecule has 0 aromatic rings. The van der Waals surface area contributed by atoms with Gasteiger partial charge in [-0.3, -0.25) is 4.79 Å². The Balaban J connectivity index is 1.37. The van der Waals surface area contributed by atoms with Crippen molar-refractivity contribution in [2.45, 2.75) is 117 Å². The van der Waals surface area contributed by atoms with Gasteiger partial charge in [-0.25, -0.2) is 0 Å². The summed E-state index contributed by atoms with van der Waals surface area (Å²) < 4.78 is 13.7. The number of carbonyl (C=O) groups is 1. The Bertz CT molecular complexity index is 735. The van der Waals surface area contributed by atoms with E-state index in [0.29, 0.717) is 40.3 Å². The molecule has 4 aliphatic carbocycles. The standard InChI is InChI=1S/C30H49IO3/c1-5-21-25-18-20(34-26-8-6-7-17-33-26)11-14-30(25,4)24-12-15-29(3)22(19(2)13-16-31)9-10-23(29)27(24)28(21)32/h19-27H,5-18H2,1-4H3/t19-,20-,21-,22-,23?,24?,25+,26?,27?,29-,30-/m1/s1. The maximum Gasteiger partial charge on any atom is 0.157 e. The Labute approximate surface area is 222 Å². The summed E-state index contributed by atoms with van der Waals surface area (Å²) in [5, 5.41) is 0. The summed E-state index contributed by atoms with van der Waals surface area (Å²) in [6.07, 6.45) is 14.7. The maximum atomic E-state index is 14.3. The molecule has 0 bridgehead atoms. The quantitative estimate of drug-likeness (QED) is 0.181. The third-order valence-corrected chi connectivity index (χ3v) is 12.5. The van der Waals surface area contributed by atoms with Gasteiger partial charge in [-0.15, -0.1) is 0 Å². The van der Waals surface area contributed by atoms with Crippen LogP contribution in [0.2, 0.25) is 0 Å². The second-order valence-corrected chi connectivity index (χ2v) is 14.4. The zero-order valence-corrected chi connectivity index (χ0v) is 24.4. The average molecular weight is 585 g/mol. The molecule has 5 rings (SSSR count). The molecular formula is C30H49IO3. The lowest BCUT2D eigenvalue weighted by molar-refractivity contribution is -0.216. The van der Waals surface area contributed by atoms with Gasteiger partial charge in [-0.05, 0) is 122 Å². The third kappa shape index (κ3) is 4.25. The number of rotatable bonds is 6. The Morgan fingerprint density at radius 3 is 2.50 bits per heavy atom. The molecule has 0 N–H and O–H groups in total. The number of carbonyl (C=O) groups excluding carboxylic acids is 1. The number of ketones is 1. The van der Waals surface area contributed by atoms with Gasteiger partial charge in [0.05, 0.1) is 6.10 Å². The molecule has 0 spiro atoms. The van der Waals surface area contributed by atoms with Crippen LogP contribution in [0.3, 0.4) is 0 Å². The highest BCUT2D eigenvalue weighted by molar-refractivity contribution is 14.1. The van der Waals surface area contributed by atoms with Crippen LogP contribution in [0.4, 0.5) is 0 Å². The molecule has 3 nitrogen and oxygen atoms in total. The van der Waals surface area contributed by atoms with E-state index in [0.717, 1.165) is 44.1 Å². The highest BCUT2D eigenvalue weighted by atomic mass is 127. The van der Waals surface area contributed by atoms with E-state index in [4.69, 9.17) is 9.47 Å². The monoisotopic (exact) mass is 584 g/mol. The van der Waals surface area contributed by atoms with E-state index in [1.54, 1.807) is 0 Å². The lowest BCUT2D eigenvalue weighted by Gasteiger charge is -2.62. The van der Waals surface area contributed by atoms with Crippen molar-refractivity contribution in [1.82, 2.24) is 0 Å². The zero-order chi connectivity index (χ0) is 24.1. The molecule has 0 aromatic heterocycles. The van der Waals surface area contributed by atoms with Gasteiger partial charge in [0.2, 0.25) is 0 Å². The SMILES string of the molecule is CC[C@H]1C(=O)C2C3CC[C@H]([C@H](C)CCI)[C@@]3(C)CCC2[C@@]2(C)CC[C@@H](OC3CCCCO3)C[C@@H]12. The second-order valence-electron chi connectivity index (χ2n) is 13.3. The van der Waals surface area contributed by atoms with Crippen molar-refractivity contribution in [2.75, 3.05) is 11.0 Å². The predicted molar refractivity (Wildman–Crippen MR) is 146 cm³/mol. The zero-order valence-electron chi connectivity index (χ0n) is 22.2. The Morgan fingerprint density at radius 1 is 1.03 bits per heavy atom. The summed E-state index contributed by atoms with van der Waals surface area (Å²) in [6, 6.07) is 0. The molecule has 4 saturated carbocycles. The Hall–Kier alpha value is 0.320. The fourth-order valence-electron chi connectivity index (χ4n) is 10.1. The number of fused-ring (bicyclic) bond motifs is 5. The minimum absolute atomic E-state index is 0.00873. The first kappa shape index (κ1) is 25.9. The normalized spacial score (nSPS) is 49.7. The lowest BCUT2D eigenvalue weighted by Crippen LogP contribution is -2.61. The number of halogens is 1. The molecular weight excluding hydrogens is 535 g/mol. The summed E-state index contributed by atoms with van der Waals surface area (Å²) in [7, 11) is 0. The average Bonchev–Trinajstić information content (AvgIpc) is 3.18. The van der Waals surface area contributed by atoms with E-state index < -0.39 is 0 Å². The van der Waals surface area contributed by atoms with Crippen molar-refractivity contribution in [3.05, 3.63) is 0 Å². The molecule has 194 valence electrons. The molecule has 1 heterocycles. The van der Waals surface area contributed by atoms with E-state index in [1.807, 2.05) is 0 Å². The fraction of sp³-hybridized carbons (Fsp3) is 0.967. The largest absolute Gasteiger partial charge is 0.353 e. The van der Waals surface area contributed by atoms with Crippen LogP contribution in [0.1, 0.15) is 105 Å². The first-order valence-electron chi connectivity index (χ1n) is 14.7. The van der Waals surface area contributed by atoms with Crippen LogP contribution in [0.15, 0.2) is 0 Å². The van der Waals surface area contributed by atoms with Crippen molar-refractivity contribution in [2.24, 2.45) is 52.3 Å². The van der Waals surface area contributed by atoms with E-state index in [-0.39, 0.29) is 18.3 Å². The van der Waals surface area contributed by atoms with Crippen LogP contribution in [-0.2, 0) is 14.3 Å². The summed E-state index contributed by atoms with van der Waals surface area (Å²) in [4.78, 5) is 14.3. The van der Waals surface area contributed by atoms with Gasteiger partial charge in [0.1, 0.15) is 5.78 Å². The molecule has 5 fully saturated rings. The first-order valence-corrected chi connectivity index (χ1v) is 16.2. The molecule has 0 radical (unpaired) electrons. The van der Waals surface area contributed by atoms with E-state index in [2.05, 4.69) is 50.3 Å². The minimum atomic E-state index is -0.00873. The van der Waals surface area contributed by atoms with E-state index >= 15 is 0 Å². The Kier molecular flexibility index (Phi) is 7.81. The first-order chi connectivity index (χ1) is 16.3. The van der Waals surface area contributed by atoms with Gasteiger partial charge in [0, 0.05) is 18.4 Å². The van der Waals surface area contributed by atoms with Gasteiger partial charge < -0.3 is 9.47 Å². The van der Waals surface area contributed by atoms with Gasteiger partial charge in [-0.2, -0.15) is 0 Å². The lowest BCUT2D eigenvalue weighted by atomic mass is 9.42. The number of Topliss-reactive ketones (excluding diaryl/α,β-unsaturated/α-hetero) is 1. The molecule has 1 aliphatic heterocycles.